The van der Waals surface area contributed by atoms with Crippen LogP contribution in [0, 0.1) is 0 Å². The van der Waals surface area contributed by atoms with Gasteiger partial charge in [0.2, 0.25) is 0 Å². The van der Waals surface area contributed by atoms with Crippen molar-refractivity contribution in [2.45, 2.75) is 10.2 Å². The van der Waals surface area contributed by atoms with Gasteiger partial charge >= 0.3 is 0 Å². The van der Waals surface area contributed by atoms with Crippen LogP contribution in [-0.2, 0) is 4.79 Å². The maximum atomic E-state index is 11.5. The molecule has 0 aromatic carbocycles. The Bertz CT molecular complexity index is 697. The number of carbonyl (C=O) groups is 1. The molecule has 8 heteroatoms. The Morgan fingerprint density at radius 2 is 2.15 bits per heavy atom. The van der Waals surface area contributed by atoms with E-state index in [1.54, 1.807) is 30.6 Å². The van der Waals surface area contributed by atoms with Gasteiger partial charge in [0.15, 0.2) is 10.2 Å². The first kappa shape index (κ1) is 13.3. The summed E-state index contributed by atoms with van der Waals surface area (Å²) in [4.78, 5) is 20.3. The van der Waals surface area contributed by atoms with Gasteiger partial charge in [-0.05, 0) is 30.0 Å². The van der Waals surface area contributed by atoms with Gasteiger partial charge in [-0.2, -0.15) is 0 Å². The van der Waals surface area contributed by atoms with E-state index >= 15 is 0 Å². The Morgan fingerprint density at radius 1 is 1.35 bits per heavy atom. The highest BCUT2D eigenvalue weighted by atomic mass is 32.2. The molecule has 1 aliphatic rings. The summed E-state index contributed by atoms with van der Waals surface area (Å²) in [5.41, 5.74) is 0. The summed E-state index contributed by atoms with van der Waals surface area (Å²) in [6, 6.07) is 5.34. The number of rotatable bonds is 3. The van der Waals surface area contributed by atoms with E-state index in [-0.39, 0.29) is 5.91 Å². The average molecular weight is 321 g/mol. The molecule has 0 saturated carbocycles. The number of amides is 1. The highest BCUT2D eigenvalue weighted by Gasteiger charge is 2.22. The Kier molecular flexibility index (Phi) is 3.86. The van der Waals surface area contributed by atoms with Gasteiger partial charge in [-0.3, -0.25) is 4.79 Å². The Morgan fingerprint density at radius 3 is 2.85 bits per heavy atom. The van der Waals surface area contributed by atoms with Crippen LogP contribution in [0.15, 0.2) is 50.2 Å². The first-order valence-corrected chi connectivity index (χ1v) is 7.54. The normalized spacial score (nSPS) is 16.7. The molecular formula is C12H7N3O2S3. The molecule has 5 nitrogen and oxygen atoms in total. The minimum atomic E-state index is -0.197. The van der Waals surface area contributed by atoms with Gasteiger partial charge in [0.05, 0.1) is 4.91 Å². The Balaban J connectivity index is 1.76. The largest absolute Gasteiger partial charge is 0.450 e. The van der Waals surface area contributed by atoms with Gasteiger partial charge in [0.1, 0.15) is 10.1 Å². The van der Waals surface area contributed by atoms with Crippen molar-refractivity contribution in [2.24, 2.45) is 0 Å². The lowest BCUT2D eigenvalue weighted by molar-refractivity contribution is -0.115. The van der Waals surface area contributed by atoms with Gasteiger partial charge in [-0.1, -0.05) is 24.0 Å². The molecule has 1 aliphatic heterocycles. The molecule has 2 aromatic heterocycles. The van der Waals surface area contributed by atoms with E-state index in [4.69, 9.17) is 16.6 Å². The number of nitrogens with one attached hydrogen (secondary N) is 1. The molecule has 1 N–H and O–H groups in total. The monoisotopic (exact) mass is 321 g/mol. The summed E-state index contributed by atoms with van der Waals surface area (Å²) in [6.07, 6.45) is 5.00. The van der Waals surface area contributed by atoms with Crippen molar-refractivity contribution in [2.75, 3.05) is 0 Å². The van der Waals surface area contributed by atoms with E-state index < -0.39 is 0 Å². The number of aromatic nitrogens is 2. The highest BCUT2D eigenvalue weighted by Crippen LogP contribution is 2.30. The lowest BCUT2D eigenvalue weighted by Crippen LogP contribution is -2.17. The van der Waals surface area contributed by atoms with Crippen LogP contribution in [0.4, 0.5) is 0 Å². The number of carbonyl (C=O) groups excluding carboxylic acids is 1. The number of thioether (sulfide) groups is 1. The number of hydrogen-bond donors (Lipinski definition) is 1. The molecule has 1 fully saturated rings. The SMILES string of the molecule is O=C1NC(=S)S/C1=C\c1ccc(Sc2ncccn2)o1. The zero-order valence-electron chi connectivity index (χ0n) is 9.90. The summed E-state index contributed by atoms with van der Waals surface area (Å²) in [5, 5.41) is 3.82. The Labute approximate surface area is 128 Å². The van der Waals surface area contributed by atoms with Crippen LogP contribution in [0.2, 0.25) is 0 Å². The molecule has 3 rings (SSSR count). The van der Waals surface area contributed by atoms with Crippen molar-refractivity contribution in [1.29, 1.82) is 0 Å². The second-order valence-corrected chi connectivity index (χ2v) is 6.33. The molecule has 0 radical (unpaired) electrons. The molecule has 0 spiro atoms. The van der Waals surface area contributed by atoms with Crippen molar-refractivity contribution >= 4 is 52.0 Å². The molecule has 1 amide bonds. The zero-order chi connectivity index (χ0) is 13.9. The van der Waals surface area contributed by atoms with E-state index in [1.165, 1.54) is 23.5 Å². The van der Waals surface area contributed by atoms with Crippen LogP contribution in [0.5, 0.6) is 0 Å². The van der Waals surface area contributed by atoms with Gasteiger partial charge in [0, 0.05) is 18.5 Å². The maximum absolute atomic E-state index is 11.5. The topological polar surface area (TPSA) is 68.0 Å². The van der Waals surface area contributed by atoms with Crippen LogP contribution >= 0.6 is 35.7 Å². The predicted molar refractivity (Wildman–Crippen MR) is 81.2 cm³/mol. The predicted octanol–water partition coefficient (Wildman–Crippen LogP) is 2.71. The van der Waals surface area contributed by atoms with E-state index in [0.29, 0.717) is 25.2 Å². The van der Waals surface area contributed by atoms with E-state index in [9.17, 15) is 4.79 Å². The number of hydrogen-bond acceptors (Lipinski definition) is 7. The lowest BCUT2D eigenvalue weighted by Gasteiger charge is -1.94. The highest BCUT2D eigenvalue weighted by molar-refractivity contribution is 8.26. The fourth-order valence-electron chi connectivity index (χ4n) is 1.45. The molecule has 0 bridgehead atoms. The van der Waals surface area contributed by atoms with Crippen molar-refractivity contribution in [3.63, 3.8) is 0 Å². The summed E-state index contributed by atoms with van der Waals surface area (Å²) in [6.45, 7) is 0. The first-order valence-electron chi connectivity index (χ1n) is 5.50. The molecule has 2 aromatic rings. The molecule has 0 aliphatic carbocycles. The van der Waals surface area contributed by atoms with Gasteiger partial charge in [-0.15, -0.1) is 0 Å². The molecule has 0 unspecified atom stereocenters. The van der Waals surface area contributed by atoms with E-state index in [1.807, 2.05) is 6.07 Å². The van der Waals surface area contributed by atoms with Gasteiger partial charge in [-0.25, -0.2) is 9.97 Å². The second-order valence-electron chi connectivity index (χ2n) is 3.64. The van der Waals surface area contributed by atoms with Crippen molar-refractivity contribution in [3.05, 3.63) is 41.3 Å². The summed E-state index contributed by atoms with van der Waals surface area (Å²) >= 11 is 7.46. The minimum Gasteiger partial charge on any atom is -0.450 e. The minimum absolute atomic E-state index is 0.197. The standard InChI is InChI=1S/C12H7N3O2S3/c16-10-8(19-12(18)15-10)6-7-2-3-9(17-7)20-11-13-4-1-5-14-11/h1-6H,(H,15,16,18)/b8-6-. The van der Waals surface area contributed by atoms with Gasteiger partial charge < -0.3 is 9.73 Å². The summed E-state index contributed by atoms with van der Waals surface area (Å²) in [5.74, 6) is 0.391. The van der Waals surface area contributed by atoms with Crippen molar-refractivity contribution in [3.8, 4) is 0 Å². The molecule has 0 atom stereocenters. The number of furan rings is 1. The van der Waals surface area contributed by atoms with Gasteiger partial charge in [0.25, 0.3) is 5.91 Å². The molecular weight excluding hydrogens is 314 g/mol. The van der Waals surface area contributed by atoms with Crippen LogP contribution in [-0.4, -0.2) is 20.2 Å². The fourth-order valence-corrected chi connectivity index (χ4v) is 3.15. The molecule has 3 heterocycles. The smallest absolute Gasteiger partial charge is 0.263 e. The lowest BCUT2D eigenvalue weighted by atomic mass is 10.4. The second kappa shape index (κ2) is 5.78. The first-order chi connectivity index (χ1) is 9.70. The van der Waals surface area contributed by atoms with Crippen molar-refractivity contribution < 1.29 is 9.21 Å². The Hall–Kier alpha value is -1.64. The molecule has 100 valence electrons. The van der Waals surface area contributed by atoms with Crippen molar-refractivity contribution in [1.82, 2.24) is 15.3 Å². The third-order valence-corrected chi connectivity index (χ3v) is 4.23. The molecule has 20 heavy (non-hydrogen) atoms. The fraction of sp³-hybridized carbons (Fsp3) is 0. The zero-order valence-corrected chi connectivity index (χ0v) is 12.3. The summed E-state index contributed by atoms with van der Waals surface area (Å²) < 4.78 is 6.06. The van der Waals surface area contributed by atoms with Crippen LogP contribution < -0.4 is 5.32 Å². The maximum Gasteiger partial charge on any atom is 0.263 e. The third-order valence-electron chi connectivity index (χ3n) is 2.25. The average Bonchev–Trinajstić information content (AvgIpc) is 2.98. The quantitative estimate of drug-likeness (QED) is 0.529. The number of nitrogens with zero attached hydrogens (tertiary/aromatic N) is 2. The summed E-state index contributed by atoms with van der Waals surface area (Å²) in [7, 11) is 0. The van der Waals surface area contributed by atoms with E-state index in [2.05, 4.69) is 15.3 Å². The van der Waals surface area contributed by atoms with E-state index in [0.717, 1.165) is 0 Å². The van der Waals surface area contributed by atoms with Crippen LogP contribution in [0.3, 0.4) is 0 Å². The van der Waals surface area contributed by atoms with Crippen LogP contribution in [0.1, 0.15) is 5.76 Å². The number of thiocarbonyl (C=S) groups is 1. The van der Waals surface area contributed by atoms with Crippen LogP contribution in [0.25, 0.3) is 6.08 Å². The third kappa shape index (κ3) is 3.09. The molecule has 1 saturated heterocycles.